The van der Waals surface area contributed by atoms with Gasteiger partial charge in [0.1, 0.15) is 22.9 Å². The van der Waals surface area contributed by atoms with E-state index in [0.29, 0.717) is 18.8 Å². The summed E-state index contributed by atoms with van der Waals surface area (Å²) in [6, 6.07) is 0.304. The molecular formula is C23H27F7O. The summed E-state index contributed by atoms with van der Waals surface area (Å²) in [4.78, 5) is 0. The third kappa shape index (κ3) is 6.16. The zero-order valence-corrected chi connectivity index (χ0v) is 17.3. The van der Waals surface area contributed by atoms with Gasteiger partial charge in [0.15, 0.2) is 0 Å². The van der Waals surface area contributed by atoms with Crippen molar-refractivity contribution in [2.24, 2.45) is 23.7 Å². The van der Waals surface area contributed by atoms with Crippen molar-refractivity contribution in [1.29, 1.82) is 0 Å². The molecule has 0 bridgehead atoms. The Kier molecular flexibility index (Phi) is 7.26. The van der Waals surface area contributed by atoms with Gasteiger partial charge in [-0.2, -0.15) is 22.0 Å². The van der Waals surface area contributed by atoms with E-state index in [-0.39, 0.29) is 30.9 Å². The highest BCUT2D eigenvalue weighted by molar-refractivity contribution is 5.32. The SMILES string of the molecule is CC1CCC(/C=C/C2CCC(C(F)(F)Oc3cc(F)c(C(F)(F)F)c(F)c3)CC2)CC1. The van der Waals surface area contributed by atoms with Crippen LogP contribution in [0.4, 0.5) is 30.7 Å². The van der Waals surface area contributed by atoms with Crippen molar-refractivity contribution in [3.8, 4) is 5.75 Å². The van der Waals surface area contributed by atoms with Crippen LogP contribution in [0.5, 0.6) is 5.75 Å². The minimum atomic E-state index is -5.27. The van der Waals surface area contributed by atoms with Gasteiger partial charge < -0.3 is 4.74 Å². The minimum Gasteiger partial charge on any atom is -0.432 e. The van der Waals surface area contributed by atoms with Gasteiger partial charge in [-0.15, -0.1) is 0 Å². The molecule has 1 aromatic rings. The Labute approximate surface area is 177 Å². The standard InChI is InChI=1S/C23H27F7O/c1-14-2-4-15(5-3-14)6-7-16-8-10-17(11-9-16)23(29,30)31-18-12-19(24)21(20(25)13-18)22(26,27)28/h6-7,12-17H,2-5,8-11H2,1H3/b7-6+. The first kappa shape index (κ1) is 23.9. The zero-order chi connectivity index (χ0) is 22.8. The molecule has 2 saturated carbocycles. The number of hydrogen-bond donors (Lipinski definition) is 0. The van der Waals surface area contributed by atoms with Crippen molar-refractivity contribution in [2.75, 3.05) is 0 Å². The Morgan fingerprint density at radius 2 is 1.23 bits per heavy atom. The molecule has 174 valence electrons. The number of alkyl halides is 5. The first-order valence-corrected chi connectivity index (χ1v) is 10.8. The van der Waals surface area contributed by atoms with Gasteiger partial charge in [0.25, 0.3) is 0 Å². The van der Waals surface area contributed by atoms with Gasteiger partial charge in [0.2, 0.25) is 0 Å². The van der Waals surface area contributed by atoms with E-state index in [9.17, 15) is 30.7 Å². The molecule has 0 spiro atoms. The smallest absolute Gasteiger partial charge is 0.422 e. The predicted molar refractivity (Wildman–Crippen MR) is 103 cm³/mol. The maximum atomic E-state index is 14.5. The van der Waals surface area contributed by atoms with Crippen LogP contribution in [0.15, 0.2) is 24.3 Å². The fourth-order valence-electron chi connectivity index (χ4n) is 4.56. The molecule has 0 aromatic heterocycles. The van der Waals surface area contributed by atoms with Gasteiger partial charge in [-0.1, -0.05) is 31.9 Å². The van der Waals surface area contributed by atoms with Crippen LogP contribution in [0.3, 0.4) is 0 Å². The molecule has 0 unspecified atom stereocenters. The van der Waals surface area contributed by atoms with Crippen LogP contribution in [0.1, 0.15) is 63.9 Å². The highest BCUT2D eigenvalue weighted by Crippen LogP contribution is 2.42. The maximum Gasteiger partial charge on any atom is 0.422 e. The zero-order valence-electron chi connectivity index (χ0n) is 17.3. The van der Waals surface area contributed by atoms with Crippen LogP contribution >= 0.6 is 0 Å². The number of allylic oxidation sites excluding steroid dienone is 2. The maximum absolute atomic E-state index is 14.5. The molecular weight excluding hydrogens is 425 g/mol. The van der Waals surface area contributed by atoms with E-state index in [1.54, 1.807) is 0 Å². The Bertz CT molecular complexity index is 748. The van der Waals surface area contributed by atoms with E-state index in [2.05, 4.69) is 23.8 Å². The second kappa shape index (κ2) is 9.41. The molecule has 0 radical (unpaired) electrons. The topological polar surface area (TPSA) is 9.23 Å². The molecule has 0 N–H and O–H groups in total. The Morgan fingerprint density at radius 1 is 0.774 bits per heavy atom. The van der Waals surface area contributed by atoms with Crippen LogP contribution in [-0.2, 0) is 6.18 Å². The van der Waals surface area contributed by atoms with Gasteiger partial charge in [-0.3, -0.25) is 0 Å². The van der Waals surface area contributed by atoms with Crippen LogP contribution < -0.4 is 4.74 Å². The average molecular weight is 452 g/mol. The molecule has 0 atom stereocenters. The van der Waals surface area contributed by atoms with Crippen molar-refractivity contribution >= 4 is 0 Å². The van der Waals surface area contributed by atoms with Gasteiger partial charge in [-0.25, -0.2) is 8.78 Å². The summed E-state index contributed by atoms with van der Waals surface area (Å²) < 4.78 is 98.7. The summed E-state index contributed by atoms with van der Waals surface area (Å²) in [5.41, 5.74) is -2.12. The van der Waals surface area contributed by atoms with Crippen molar-refractivity contribution < 1.29 is 35.5 Å². The van der Waals surface area contributed by atoms with Gasteiger partial charge in [0.05, 0.1) is 5.92 Å². The molecule has 0 aliphatic heterocycles. The average Bonchev–Trinajstić information content (AvgIpc) is 2.66. The van der Waals surface area contributed by atoms with Crippen LogP contribution in [0.25, 0.3) is 0 Å². The molecule has 1 aromatic carbocycles. The molecule has 0 saturated heterocycles. The normalized spacial score (nSPS) is 28.1. The summed E-state index contributed by atoms with van der Waals surface area (Å²) in [5.74, 6) is -4.58. The highest BCUT2D eigenvalue weighted by Gasteiger charge is 2.45. The van der Waals surface area contributed by atoms with Crippen molar-refractivity contribution in [1.82, 2.24) is 0 Å². The van der Waals surface area contributed by atoms with Gasteiger partial charge in [0, 0.05) is 12.1 Å². The molecule has 8 heteroatoms. The molecule has 0 heterocycles. The molecule has 1 nitrogen and oxygen atoms in total. The summed E-state index contributed by atoms with van der Waals surface area (Å²) in [6.07, 6.45) is 1.45. The first-order valence-electron chi connectivity index (χ1n) is 10.8. The molecule has 0 amide bonds. The molecule has 2 fully saturated rings. The van der Waals surface area contributed by atoms with Crippen LogP contribution in [0, 0.1) is 35.3 Å². The first-order chi connectivity index (χ1) is 14.5. The largest absolute Gasteiger partial charge is 0.432 e. The van der Waals surface area contributed by atoms with E-state index in [1.807, 2.05) is 0 Å². The minimum absolute atomic E-state index is 0.152. The van der Waals surface area contributed by atoms with Crippen molar-refractivity contribution in [2.45, 2.75) is 70.6 Å². The van der Waals surface area contributed by atoms with E-state index in [4.69, 9.17) is 0 Å². The number of hydrogen-bond acceptors (Lipinski definition) is 1. The summed E-state index contributed by atoms with van der Waals surface area (Å²) in [6.45, 7) is 2.25. The molecule has 2 aliphatic rings. The lowest BCUT2D eigenvalue weighted by atomic mass is 9.79. The lowest BCUT2D eigenvalue weighted by Gasteiger charge is -2.32. The third-order valence-corrected chi connectivity index (χ3v) is 6.52. The highest BCUT2D eigenvalue weighted by atomic mass is 19.4. The monoisotopic (exact) mass is 452 g/mol. The van der Waals surface area contributed by atoms with Crippen LogP contribution in [-0.4, -0.2) is 6.11 Å². The quantitative estimate of drug-likeness (QED) is 0.324. The van der Waals surface area contributed by atoms with E-state index in [1.165, 1.54) is 12.8 Å². The molecule has 3 rings (SSSR count). The molecule has 31 heavy (non-hydrogen) atoms. The van der Waals surface area contributed by atoms with E-state index in [0.717, 1.165) is 18.8 Å². The summed E-state index contributed by atoms with van der Waals surface area (Å²) in [5, 5.41) is 0. The fourth-order valence-corrected chi connectivity index (χ4v) is 4.56. The third-order valence-electron chi connectivity index (χ3n) is 6.52. The van der Waals surface area contributed by atoms with Crippen molar-refractivity contribution in [3.05, 3.63) is 41.5 Å². The second-order valence-corrected chi connectivity index (χ2v) is 8.94. The van der Waals surface area contributed by atoms with E-state index < -0.39 is 41.2 Å². The lowest BCUT2D eigenvalue weighted by molar-refractivity contribution is -0.223. The second-order valence-electron chi connectivity index (χ2n) is 8.94. The van der Waals surface area contributed by atoms with Gasteiger partial charge >= 0.3 is 12.3 Å². The summed E-state index contributed by atoms with van der Waals surface area (Å²) >= 11 is 0. The Morgan fingerprint density at radius 3 is 1.68 bits per heavy atom. The number of ether oxygens (including phenoxy) is 1. The number of benzene rings is 1. The Hall–Kier alpha value is -1.73. The van der Waals surface area contributed by atoms with Crippen LogP contribution in [0.2, 0.25) is 0 Å². The number of halogens is 7. The predicted octanol–water partition coefficient (Wildman–Crippen LogP) is 8.14. The fraction of sp³-hybridized carbons (Fsp3) is 0.652. The van der Waals surface area contributed by atoms with Gasteiger partial charge in [-0.05, 0) is 56.3 Å². The lowest BCUT2D eigenvalue weighted by Crippen LogP contribution is -2.37. The van der Waals surface area contributed by atoms with Crippen molar-refractivity contribution in [3.63, 3.8) is 0 Å². The van der Waals surface area contributed by atoms with E-state index >= 15 is 0 Å². The number of rotatable bonds is 5. The molecule has 2 aliphatic carbocycles. The Balaban J connectivity index is 1.56. The summed E-state index contributed by atoms with van der Waals surface area (Å²) in [7, 11) is 0.